The summed E-state index contributed by atoms with van der Waals surface area (Å²) in [6.07, 6.45) is 0.885. The predicted molar refractivity (Wildman–Crippen MR) is 63.4 cm³/mol. The van der Waals surface area contributed by atoms with Crippen molar-refractivity contribution in [2.75, 3.05) is 11.9 Å². The molecule has 1 aromatic rings. The third-order valence-electron chi connectivity index (χ3n) is 2.37. The lowest BCUT2D eigenvalue weighted by Crippen LogP contribution is -2.36. The summed E-state index contributed by atoms with van der Waals surface area (Å²) in [5.74, 6) is 0. The molecule has 0 aromatic heterocycles. The molecule has 1 saturated heterocycles. The van der Waals surface area contributed by atoms with Gasteiger partial charge in [0.2, 0.25) is 0 Å². The molecular weight excluding hydrogens is 233 g/mol. The maximum atomic E-state index is 6.10. The minimum atomic E-state index is -0.116. The summed E-state index contributed by atoms with van der Waals surface area (Å²) < 4.78 is 5.15. The normalized spacial score (nSPS) is 26.3. The molecule has 0 bridgehead atoms. The highest BCUT2D eigenvalue weighted by Crippen LogP contribution is 2.26. The molecule has 81 valence electrons. The van der Waals surface area contributed by atoms with Crippen molar-refractivity contribution in [3.8, 4) is 0 Å². The van der Waals surface area contributed by atoms with Crippen molar-refractivity contribution in [1.82, 2.24) is 0 Å². The van der Waals surface area contributed by atoms with Crippen molar-refractivity contribution in [1.29, 1.82) is 0 Å². The summed E-state index contributed by atoms with van der Waals surface area (Å²) in [5, 5.41) is 3.92. The SMILES string of the molecule is Clc1ccccc1NC1CCO[CH]C1Cl. The average Bonchev–Trinajstić information content (AvgIpc) is 2.24. The maximum absolute atomic E-state index is 6.10. The van der Waals surface area contributed by atoms with Crippen LogP contribution in [0.2, 0.25) is 5.02 Å². The van der Waals surface area contributed by atoms with E-state index in [4.69, 9.17) is 27.9 Å². The molecule has 0 spiro atoms. The van der Waals surface area contributed by atoms with Gasteiger partial charge in [-0.25, -0.2) is 0 Å². The largest absolute Gasteiger partial charge is 0.379 e. The molecule has 1 radical (unpaired) electrons. The highest BCUT2D eigenvalue weighted by atomic mass is 35.5. The van der Waals surface area contributed by atoms with Crippen molar-refractivity contribution in [2.45, 2.75) is 17.8 Å². The van der Waals surface area contributed by atoms with Crippen LogP contribution in [0, 0.1) is 6.61 Å². The van der Waals surface area contributed by atoms with E-state index in [0.29, 0.717) is 11.6 Å². The Morgan fingerprint density at radius 1 is 1.33 bits per heavy atom. The van der Waals surface area contributed by atoms with Gasteiger partial charge in [0.15, 0.2) is 0 Å². The lowest BCUT2D eigenvalue weighted by Gasteiger charge is -2.28. The van der Waals surface area contributed by atoms with E-state index in [0.717, 1.165) is 12.1 Å². The fraction of sp³-hybridized carbons (Fsp3) is 0.364. The van der Waals surface area contributed by atoms with Crippen LogP contribution in [0.4, 0.5) is 5.69 Å². The van der Waals surface area contributed by atoms with Gasteiger partial charge >= 0.3 is 0 Å². The molecule has 0 amide bonds. The zero-order chi connectivity index (χ0) is 10.7. The number of halogens is 2. The summed E-state index contributed by atoms with van der Waals surface area (Å²) in [6, 6.07) is 7.83. The lowest BCUT2D eigenvalue weighted by molar-refractivity contribution is 0.151. The van der Waals surface area contributed by atoms with E-state index in [-0.39, 0.29) is 11.4 Å². The van der Waals surface area contributed by atoms with Crippen LogP contribution >= 0.6 is 23.2 Å². The lowest BCUT2D eigenvalue weighted by atomic mass is 10.1. The summed E-state index contributed by atoms with van der Waals surface area (Å²) in [6.45, 7) is 2.37. The van der Waals surface area contributed by atoms with Crippen LogP contribution in [-0.4, -0.2) is 18.0 Å². The smallest absolute Gasteiger partial charge is 0.103 e. The second kappa shape index (κ2) is 5.06. The van der Waals surface area contributed by atoms with Gasteiger partial charge < -0.3 is 10.1 Å². The predicted octanol–water partition coefficient (Wildman–Crippen LogP) is 3.31. The first-order chi connectivity index (χ1) is 7.27. The number of rotatable bonds is 2. The van der Waals surface area contributed by atoms with Gasteiger partial charge in [0.05, 0.1) is 16.1 Å². The average molecular weight is 245 g/mol. The topological polar surface area (TPSA) is 21.3 Å². The molecule has 4 heteroatoms. The van der Waals surface area contributed by atoms with Gasteiger partial charge in [-0.05, 0) is 18.6 Å². The Labute approximate surface area is 99.5 Å². The van der Waals surface area contributed by atoms with E-state index in [9.17, 15) is 0 Å². The number of alkyl halides is 1. The molecule has 2 nitrogen and oxygen atoms in total. The molecule has 2 unspecified atom stereocenters. The molecule has 1 heterocycles. The monoisotopic (exact) mass is 244 g/mol. The van der Waals surface area contributed by atoms with Crippen molar-refractivity contribution in [3.05, 3.63) is 35.9 Å². The Kier molecular flexibility index (Phi) is 3.73. The van der Waals surface area contributed by atoms with Crippen LogP contribution < -0.4 is 5.32 Å². The molecule has 1 aliphatic rings. The quantitative estimate of drug-likeness (QED) is 0.807. The van der Waals surface area contributed by atoms with Crippen LogP contribution in [0.15, 0.2) is 24.3 Å². The van der Waals surface area contributed by atoms with Gasteiger partial charge in [-0.15, -0.1) is 11.6 Å². The first-order valence-electron chi connectivity index (χ1n) is 4.87. The van der Waals surface area contributed by atoms with Crippen LogP contribution in [0.25, 0.3) is 0 Å². The Morgan fingerprint density at radius 3 is 2.87 bits per heavy atom. The molecule has 2 atom stereocenters. The number of hydrogen-bond donors (Lipinski definition) is 1. The molecule has 1 aromatic carbocycles. The van der Waals surface area contributed by atoms with Gasteiger partial charge in [-0.3, -0.25) is 0 Å². The Balaban J connectivity index is 2.04. The molecule has 1 aliphatic heterocycles. The van der Waals surface area contributed by atoms with Crippen LogP contribution in [0.3, 0.4) is 0 Å². The molecule has 0 aliphatic carbocycles. The summed E-state index contributed by atoms with van der Waals surface area (Å²) in [4.78, 5) is 0. The minimum absolute atomic E-state index is 0.116. The maximum Gasteiger partial charge on any atom is 0.103 e. The minimum Gasteiger partial charge on any atom is -0.379 e. The molecule has 2 rings (SSSR count). The number of nitrogens with one attached hydrogen (secondary N) is 1. The zero-order valence-corrected chi connectivity index (χ0v) is 9.63. The van der Waals surface area contributed by atoms with E-state index in [1.165, 1.54) is 0 Å². The number of para-hydroxylation sites is 1. The molecule has 1 N–H and O–H groups in total. The number of ether oxygens (including phenoxy) is 1. The second-order valence-corrected chi connectivity index (χ2v) is 4.38. The van der Waals surface area contributed by atoms with E-state index in [1.807, 2.05) is 24.3 Å². The number of benzene rings is 1. The first-order valence-corrected chi connectivity index (χ1v) is 5.69. The number of anilines is 1. The highest BCUT2D eigenvalue weighted by molar-refractivity contribution is 6.33. The Hall–Kier alpha value is -0.440. The summed E-state index contributed by atoms with van der Waals surface area (Å²) >= 11 is 12.1. The van der Waals surface area contributed by atoms with Gasteiger partial charge in [-0.2, -0.15) is 0 Å². The van der Waals surface area contributed by atoms with Gasteiger partial charge in [0, 0.05) is 12.6 Å². The zero-order valence-electron chi connectivity index (χ0n) is 8.12. The van der Waals surface area contributed by atoms with E-state index >= 15 is 0 Å². The van der Waals surface area contributed by atoms with Crippen molar-refractivity contribution in [2.24, 2.45) is 0 Å². The van der Waals surface area contributed by atoms with Crippen molar-refractivity contribution in [3.63, 3.8) is 0 Å². The van der Waals surface area contributed by atoms with Crippen LogP contribution in [-0.2, 0) is 4.74 Å². The Bertz CT molecular complexity index is 332. The van der Waals surface area contributed by atoms with Crippen LogP contribution in [0.1, 0.15) is 6.42 Å². The standard InChI is InChI=1S/C11H12Cl2NO/c12-8-3-1-2-4-10(8)14-11-5-6-15-7-9(11)13/h1-4,7,9,11,14H,5-6H2. The molecule has 0 saturated carbocycles. The van der Waals surface area contributed by atoms with Crippen molar-refractivity contribution >= 4 is 28.9 Å². The molecule has 15 heavy (non-hydrogen) atoms. The van der Waals surface area contributed by atoms with Crippen molar-refractivity contribution < 1.29 is 4.74 Å². The molecular formula is C11H12Cl2NO. The van der Waals surface area contributed by atoms with E-state index < -0.39 is 0 Å². The van der Waals surface area contributed by atoms with Gasteiger partial charge in [0.1, 0.15) is 6.61 Å². The van der Waals surface area contributed by atoms with E-state index in [2.05, 4.69) is 5.32 Å². The van der Waals surface area contributed by atoms with E-state index in [1.54, 1.807) is 6.61 Å². The summed E-state index contributed by atoms with van der Waals surface area (Å²) in [5.41, 5.74) is 0.921. The van der Waals surface area contributed by atoms with Gasteiger partial charge in [0.25, 0.3) is 0 Å². The fourth-order valence-corrected chi connectivity index (χ4v) is 1.99. The first kappa shape index (κ1) is 11.1. The second-order valence-electron chi connectivity index (χ2n) is 3.47. The third-order valence-corrected chi connectivity index (χ3v) is 3.11. The molecule has 1 fully saturated rings. The summed E-state index contributed by atoms with van der Waals surface area (Å²) in [7, 11) is 0. The Morgan fingerprint density at radius 2 is 2.13 bits per heavy atom. The third kappa shape index (κ3) is 2.77. The highest BCUT2D eigenvalue weighted by Gasteiger charge is 2.24. The van der Waals surface area contributed by atoms with Crippen LogP contribution in [0.5, 0.6) is 0 Å². The fourth-order valence-electron chi connectivity index (χ4n) is 1.54. The number of hydrogen-bond acceptors (Lipinski definition) is 2. The van der Waals surface area contributed by atoms with Gasteiger partial charge in [-0.1, -0.05) is 23.7 Å².